The summed E-state index contributed by atoms with van der Waals surface area (Å²) in [6.07, 6.45) is 0. The van der Waals surface area contributed by atoms with Crippen LogP contribution in [0.15, 0.2) is 0 Å². The summed E-state index contributed by atoms with van der Waals surface area (Å²) in [6.45, 7) is 7.03. The van der Waals surface area contributed by atoms with Gasteiger partial charge in [0.1, 0.15) is 0 Å². The predicted molar refractivity (Wildman–Crippen MR) is 37.2 cm³/mol. The molecule has 0 aromatic carbocycles. The van der Waals surface area contributed by atoms with Gasteiger partial charge in [0.2, 0.25) is 0 Å². The molecule has 8 heavy (non-hydrogen) atoms. The van der Waals surface area contributed by atoms with Gasteiger partial charge in [-0.05, 0) is 0 Å². The van der Waals surface area contributed by atoms with Crippen LogP contribution in [0.4, 0.5) is 0 Å². The van der Waals surface area contributed by atoms with Gasteiger partial charge in [0.05, 0.1) is 0 Å². The van der Waals surface area contributed by atoms with E-state index in [0.717, 1.165) is 0 Å². The van der Waals surface area contributed by atoms with E-state index in [0.29, 0.717) is 0 Å². The van der Waals surface area contributed by atoms with E-state index in [9.17, 15) is 0 Å². The second-order valence-electron chi connectivity index (χ2n) is 2.09. The summed E-state index contributed by atoms with van der Waals surface area (Å²) >= 11 is -0.576. The standard InChI is InChI=1S/3C2H5.Ar.Ga/c3*1-2;;/h3*1H2,2H3;;. The van der Waals surface area contributed by atoms with Crippen molar-refractivity contribution in [3.63, 3.8) is 0 Å². The Bertz CT molecular complexity index is 30.0. The van der Waals surface area contributed by atoms with Crippen molar-refractivity contribution >= 4 is 16.2 Å². The zero-order chi connectivity index (χ0) is 5.70. The second kappa shape index (κ2) is 8.90. The maximum absolute atomic E-state index is 2.34. The Kier molecular flexibility index (Phi) is 14.0. The molecule has 0 bridgehead atoms. The van der Waals surface area contributed by atoms with Crippen molar-refractivity contribution in [2.24, 2.45) is 0 Å². The molecule has 2 heteroatoms. The Morgan fingerprint density at radius 1 is 0.875 bits per heavy atom. The van der Waals surface area contributed by atoms with Crippen molar-refractivity contribution < 1.29 is 37.7 Å². The predicted octanol–water partition coefficient (Wildman–Crippen LogP) is 2.54. The van der Waals surface area contributed by atoms with Gasteiger partial charge in [-0.2, -0.15) is 0 Å². The molecule has 0 nitrogen and oxygen atoms in total. The summed E-state index contributed by atoms with van der Waals surface area (Å²) in [7, 11) is 0. The summed E-state index contributed by atoms with van der Waals surface area (Å²) in [6, 6.07) is 0. The molecule has 0 saturated carbocycles. The first-order valence-corrected chi connectivity index (χ1v) is 8.49. The molecule has 0 rings (SSSR count). The quantitative estimate of drug-likeness (QED) is 0.609. The van der Waals surface area contributed by atoms with E-state index in [2.05, 4.69) is 20.8 Å². The molecule has 50 valence electrons. The topological polar surface area (TPSA) is 0 Å². The van der Waals surface area contributed by atoms with Gasteiger partial charge in [-0.3, -0.25) is 0 Å². The molecule has 0 aliphatic heterocycles. The van der Waals surface area contributed by atoms with Crippen LogP contribution in [0.5, 0.6) is 0 Å². The Morgan fingerprint density at radius 3 is 1.12 bits per heavy atom. The Morgan fingerprint density at radius 2 is 1.12 bits per heavy atom. The van der Waals surface area contributed by atoms with Crippen LogP contribution in [-0.2, 0) is 0 Å². The van der Waals surface area contributed by atoms with E-state index in [4.69, 9.17) is 0 Å². The number of hydrogen-bond donors (Lipinski definition) is 0. The van der Waals surface area contributed by atoms with Crippen molar-refractivity contribution in [3.8, 4) is 0 Å². The fraction of sp³-hybridized carbons (Fsp3) is 1.00. The Hall–Kier alpha value is 1.90. The zero-order valence-electron chi connectivity index (χ0n) is 6.05. The third-order valence-corrected chi connectivity index (χ3v) is 9.00. The van der Waals surface area contributed by atoms with E-state index in [1.54, 1.807) is 14.9 Å². The monoisotopic (exact) mass is 196 g/mol. The SMILES string of the molecule is C[CH2][Ga]([CH2]C)[CH2]C.[Ar]. The van der Waals surface area contributed by atoms with Gasteiger partial charge >= 0.3 is 51.9 Å². The largest absolute Gasteiger partial charge is 0 e. The van der Waals surface area contributed by atoms with Crippen molar-refractivity contribution in [1.29, 1.82) is 0 Å². The molecule has 0 saturated heterocycles. The average Bonchev–Trinajstić information content (AvgIpc) is 1.72. The smallest absolute Gasteiger partial charge is 0 e. The summed E-state index contributed by atoms with van der Waals surface area (Å²) in [4.78, 5) is 4.62. The summed E-state index contributed by atoms with van der Waals surface area (Å²) in [5, 5.41) is 0. The van der Waals surface area contributed by atoms with Gasteiger partial charge in [0.15, 0.2) is 0 Å². The molecule has 0 spiro atoms. The normalized spacial score (nSPS) is 7.88. The maximum Gasteiger partial charge on any atom is 0 e. The number of rotatable bonds is 3. The zero-order valence-corrected chi connectivity index (χ0v) is 9.18. The van der Waals surface area contributed by atoms with Crippen LogP contribution in [0.25, 0.3) is 0 Å². The number of hydrogen-bond acceptors (Lipinski definition) is 0. The van der Waals surface area contributed by atoms with Gasteiger partial charge in [-0.25, -0.2) is 0 Å². The van der Waals surface area contributed by atoms with Gasteiger partial charge in [0.25, 0.3) is 0 Å². The van der Waals surface area contributed by atoms with Gasteiger partial charge in [0, 0.05) is 37.7 Å². The molecule has 0 aromatic heterocycles. The molecule has 0 unspecified atom stereocenters. The van der Waals surface area contributed by atoms with E-state index in [1.807, 2.05) is 0 Å². The average molecular weight is 197 g/mol. The minimum atomic E-state index is -0.576. The molecule has 0 aliphatic carbocycles. The fourth-order valence-electron chi connectivity index (χ4n) is 0.866. The van der Waals surface area contributed by atoms with Gasteiger partial charge in [-0.1, -0.05) is 0 Å². The molecule has 0 fully saturated rings. The molecular weight excluding hydrogens is 182 g/mol. The van der Waals surface area contributed by atoms with Crippen molar-refractivity contribution in [2.75, 3.05) is 0 Å². The molecule has 0 atom stereocenters. The molecule has 0 N–H and O–H groups in total. The first kappa shape index (κ1) is 12.6. The van der Waals surface area contributed by atoms with Crippen molar-refractivity contribution in [2.45, 2.75) is 35.7 Å². The molecule has 0 aliphatic rings. The third kappa shape index (κ3) is 6.02. The first-order chi connectivity index (χ1) is 3.35. The Balaban J connectivity index is 0. The van der Waals surface area contributed by atoms with Gasteiger partial charge < -0.3 is 0 Å². The maximum atomic E-state index is 2.34. The fourth-order valence-corrected chi connectivity index (χ4v) is 4.50. The van der Waals surface area contributed by atoms with Crippen LogP contribution in [0, 0.1) is 37.7 Å². The summed E-state index contributed by atoms with van der Waals surface area (Å²) < 4.78 is 0. The Labute approximate surface area is 88.5 Å². The van der Waals surface area contributed by atoms with Gasteiger partial charge in [-0.15, -0.1) is 0 Å². The summed E-state index contributed by atoms with van der Waals surface area (Å²) in [5.41, 5.74) is 0. The van der Waals surface area contributed by atoms with Crippen molar-refractivity contribution in [3.05, 3.63) is 0 Å². The van der Waals surface area contributed by atoms with Crippen molar-refractivity contribution in [1.82, 2.24) is 0 Å². The van der Waals surface area contributed by atoms with Crippen LogP contribution < -0.4 is 0 Å². The van der Waals surface area contributed by atoms with Crippen LogP contribution >= 0.6 is 0 Å². The minimum absolute atomic E-state index is 0. The molecule has 0 heterocycles. The minimum Gasteiger partial charge on any atom is 0 e. The van der Waals surface area contributed by atoms with E-state index >= 15 is 0 Å². The van der Waals surface area contributed by atoms with E-state index < -0.39 is 16.2 Å². The molecule has 0 aromatic rings. The molecule has 0 radical (unpaired) electrons. The molecule has 0 amide bonds. The van der Waals surface area contributed by atoms with Crippen LogP contribution in [-0.4, -0.2) is 16.2 Å². The molecular formula is C6H15ArGa. The summed E-state index contributed by atoms with van der Waals surface area (Å²) in [5.74, 6) is 0. The van der Waals surface area contributed by atoms with Crippen LogP contribution in [0.1, 0.15) is 20.8 Å². The third-order valence-electron chi connectivity index (χ3n) is 1.73. The van der Waals surface area contributed by atoms with Crippen LogP contribution in [0.3, 0.4) is 0 Å². The van der Waals surface area contributed by atoms with E-state index in [1.165, 1.54) is 0 Å². The first-order valence-electron chi connectivity index (χ1n) is 3.35. The van der Waals surface area contributed by atoms with E-state index in [-0.39, 0.29) is 37.7 Å². The second-order valence-corrected chi connectivity index (χ2v) is 10.9. The van der Waals surface area contributed by atoms with Crippen LogP contribution in [0.2, 0.25) is 14.9 Å².